The molecule has 0 bridgehead atoms. The van der Waals surface area contributed by atoms with Crippen LogP contribution < -0.4 is 5.73 Å². The average molecular weight is 301 g/mol. The van der Waals surface area contributed by atoms with Crippen molar-refractivity contribution >= 4 is 15.7 Å². The van der Waals surface area contributed by atoms with E-state index in [1.807, 2.05) is 7.05 Å². The van der Waals surface area contributed by atoms with Gasteiger partial charge in [-0.3, -0.25) is 0 Å². The summed E-state index contributed by atoms with van der Waals surface area (Å²) in [5.74, 6) is -0.606. The van der Waals surface area contributed by atoms with Crippen molar-refractivity contribution < 1.29 is 12.8 Å². The fraction of sp³-hybridized carbons (Fsp3) is 0.538. The lowest BCUT2D eigenvalue weighted by molar-refractivity contribution is 0.197. The Bertz CT molecular complexity index is 583. The van der Waals surface area contributed by atoms with Crippen LogP contribution in [0.5, 0.6) is 0 Å². The summed E-state index contributed by atoms with van der Waals surface area (Å²) in [6, 6.07) is 3.50. The first kappa shape index (κ1) is 15.2. The highest BCUT2D eigenvalue weighted by Gasteiger charge is 2.30. The number of benzene rings is 1. The third-order valence-electron chi connectivity index (χ3n) is 3.85. The molecule has 0 unspecified atom stereocenters. The molecule has 112 valence electrons. The van der Waals surface area contributed by atoms with Crippen molar-refractivity contribution in [1.29, 1.82) is 0 Å². The molecule has 0 amide bonds. The maximum absolute atomic E-state index is 13.1. The lowest BCUT2D eigenvalue weighted by Crippen LogP contribution is -2.44. The number of nitrogens with zero attached hydrogens (tertiary/aromatic N) is 2. The van der Waals surface area contributed by atoms with E-state index >= 15 is 0 Å². The van der Waals surface area contributed by atoms with Crippen LogP contribution in [0.3, 0.4) is 0 Å². The highest BCUT2D eigenvalue weighted by Crippen LogP contribution is 2.24. The number of likely N-dealkylation sites (tertiary alicyclic amines) is 1. The van der Waals surface area contributed by atoms with Crippen LogP contribution in [0.4, 0.5) is 10.1 Å². The van der Waals surface area contributed by atoms with Gasteiger partial charge in [-0.25, -0.2) is 12.8 Å². The summed E-state index contributed by atoms with van der Waals surface area (Å²) in [5.41, 5.74) is 5.30. The Kier molecular flexibility index (Phi) is 4.31. The normalized spacial score (nSPS) is 18.6. The molecule has 20 heavy (non-hydrogen) atoms. The van der Waals surface area contributed by atoms with Crippen LogP contribution in [0.15, 0.2) is 23.1 Å². The third-order valence-corrected chi connectivity index (χ3v) is 5.75. The summed E-state index contributed by atoms with van der Waals surface area (Å²) in [7, 11) is -0.0337. The number of sulfonamides is 1. The average Bonchev–Trinajstić information content (AvgIpc) is 2.41. The summed E-state index contributed by atoms with van der Waals surface area (Å²) in [6.07, 6.45) is 1.59. The molecule has 1 heterocycles. The van der Waals surface area contributed by atoms with E-state index in [-0.39, 0.29) is 16.6 Å². The number of rotatable bonds is 3. The lowest BCUT2D eigenvalue weighted by Gasteiger charge is -2.34. The highest BCUT2D eigenvalue weighted by molar-refractivity contribution is 7.89. The Morgan fingerprint density at radius 3 is 2.50 bits per heavy atom. The zero-order valence-corrected chi connectivity index (χ0v) is 12.5. The van der Waals surface area contributed by atoms with Gasteiger partial charge in [0.05, 0.1) is 10.6 Å². The van der Waals surface area contributed by atoms with Gasteiger partial charge in [-0.05, 0) is 51.2 Å². The Morgan fingerprint density at radius 2 is 1.95 bits per heavy atom. The van der Waals surface area contributed by atoms with Gasteiger partial charge in [0, 0.05) is 13.1 Å². The molecule has 0 aliphatic carbocycles. The molecule has 0 radical (unpaired) electrons. The Balaban J connectivity index is 2.23. The van der Waals surface area contributed by atoms with Gasteiger partial charge in [-0.2, -0.15) is 4.31 Å². The van der Waals surface area contributed by atoms with E-state index in [9.17, 15) is 12.8 Å². The summed E-state index contributed by atoms with van der Waals surface area (Å²) in [6.45, 7) is 1.74. The SMILES string of the molecule is CN1CCC(N(C)S(=O)(=O)c2ccc(F)c(N)c2)CC1. The number of hydrogen-bond donors (Lipinski definition) is 1. The quantitative estimate of drug-likeness (QED) is 0.850. The van der Waals surface area contributed by atoms with E-state index in [4.69, 9.17) is 5.73 Å². The summed E-state index contributed by atoms with van der Waals surface area (Å²) < 4.78 is 39.5. The van der Waals surface area contributed by atoms with Crippen LogP contribution in [0, 0.1) is 5.82 Å². The van der Waals surface area contributed by atoms with Crippen LogP contribution in [0.25, 0.3) is 0 Å². The second-order valence-corrected chi connectivity index (χ2v) is 7.24. The van der Waals surface area contributed by atoms with Gasteiger partial charge < -0.3 is 10.6 Å². The Hall–Kier alpha value is -1.18. The maximum Gasteiger partial charge on any atom is 0.243 e. The number of halogens is 1. The van der Waals surface area contributed by atoms with Crippen LogP contribution in [0.2, 0.25) is 0 Å². The predicted molar refractivity (Wildman–Crippen MR) is 76.3 cm³/mol. The van der Waals surface area contributed by atoms with E-state index in [2.05, 4.69) is 4.90 Å². The van der Waals surface area contributed by atoms with Crippen molar-refractivity contribution in [3.63, 3.8) is 0 Å². The molecule has 1 aliphatic heterocycles. The number of hydrogen-bond acceptors (Lipinski definition) is 4. The van der Waals surface area contributed by atoms with E-state index in [1.165, 1.54) is 16.4 Å². The molecule has 2 rings (SSSR count). The first-order valence-electron chi connectivity index (χ1n) is 6.54. The van der Waals surface area contributed by atoms with Crippen LogP contribution in [0.1, 0.15) is 12.8 Å². The molecular weight excluding hydrogens is 281 g/mol. The van der Waals surface area contributed by atoms with Crippen LogP contribution >= 0.6 is 0 Å². The minimum Gasteiger partial charge on any atom is -0.396 e. The smallest absolute Gasteiger partial charge is 0.243 e. The fourth-order valence-corrected chi connectivity index (χ4v) is 3.86. The predicted octanol–water partition coefficient (Wildman–Crippen LogP) is 1.12. The molecule has 0 spiro atoms. The van der Waals surface area contributed by atoms with E-state index in [0.29, 0.717) is 0 Å². The van der Waals surface area contributed by atoms with Crippen molar-refractivity contribution in [2.45, 2.75) is 23.8 Å². The Labute approximate surface area is 119 Å². The standard InChI is InChI=1S/C13H20FN3O2S/c1-16-7-5-10(6-8-16)17(2)20(18,19)11-3-4-12(14)13(15)9-11/h3-4,9-10H,5-8,15H2,1-2H3. The van der Waals surface area contributed by atoms with Crippen LogP contribution in [-0.4, -0.2) is 50.8 Å². The van der Waals surface area contributed by atoms with E-state index in [0.717, 1.165) is 32.0 Å². The van der Waals surface area contributed by atoms with Gasteiger partial charge in [0.15, 0.2) is 0 Å². The second kappa shape index (κ2) is 5.67. The van der Waals surface area contributed by atoms with Gasteiger partial charge in [-0.1, -0.05) is 0 Å². The van der Waals surface area contributed by atoms with Crippen molar-refractivity contribution in [2.75, 3.05) is 32.9 Å². The summed E-state index contributed by atoms with van der Waals surface area (Å²) >= 11 is 0. The third kappa shape index (κ3) is 2.94. The topological polar surface area (TPSA) is 66.6 Å². The van der Waals surface area contributed by atoms with Crippen molar-refractivity contribution in [3.8, 4) is 0 Å². The molecule has 0 aromatic heterocycles. The number of nitrogens with two attached hydrogens (primary N) is 1. The molecular formula is C13H20FN3O2S. The van der Waals surface area contributed by atoms with Gasteiger partial charge in [0.2, 0.25) is 10.0 Å². The fourth-order valence-electron chi connectivity index (χ4n) is 2.40. The second-order valence-electron chi connectivity index (χ2n) is 5.24. The zero-order chi connectivity index (χ0) is 14.9. The van der Waals surface area contributed by atoms with Crippen molar-refractivity contribution in [3.05, 3.63) is 24.0 Å². The van der Waals surface area contributed by atoms with E-state index < -0.39 is 15.8 Å². The molecule has 5 nitrogen and oxygen atoms in total. The zero-order valence-electron chi connectivity index (χ0n) is 11.7. The van der Waals surface area contributed by atoms with Crippen molar-refractivity contribution in [1.82, 2.24) is 9.21 Å². The molecule has 0 atom stereocenters. The molecule has 2 N–H and O–H groups in total. The molecule has 1 fully saturated rings. The van der Waals surface area contributed by atoms with Gasteiger partial charge >= 0.3 is 0 Å². The maximum atomic E-state index is 13.1. The monoisotopic (exact) mass is 301 g/mol. The molecule has 1 saturated heterocycles. The molecule has 7 heteroatoms. The number of anilines is 1. The molecule has 1 aliphatic rings. The number of nitrogen functional groups attached to an aromatic ring is 1. The van der Waals surface area contributed by atoms with Gasteiger partial charge in [-0.15, -0.1) is 0 Å². The summed E-state index contributed by atoms with van der Waals surface area (Å²) in [5, 5.41) is 0. The summed E-state index contributed by atoms with van der Waals surface area (Å²) in [4.78, 5) is 2.21. The van der Waals surface area contributed by atoms with Crippen molar-refractivity contribution in [2.24, 2.45) is 0 Å². The molecule has 1 aromatic carbocycles. The Morgan fingerprint density at radius 1 is 1.35 bits per heavy atom. The lowest BCUT2D eigenvalue weighted by atomic mass is 10.1. The number of piperidine rings is 1. The largest absolute Gasteiger partial charge is 0.396 e. The van der Waals surface area contributed by atoms with E-state index in [1.54, 1.807) is 7.05 Å². The first-order valence-corrected chi connectivity index (χ1v) is 7.98. The molecule has 1 aromatic rings. The molecule has 0 saturated carbocycles. The van der Waals surface area contributed by atoms with Gasteiger partial charge in [0.25, 0.3) is 0 Å². The first-order chi connectivity index (χ1) is 9.32. The van der Waals surface area contributed by atoms with Gasteiger partial charge in [0.1, 0.15) is 5.82 Å². The highest BCUT2D eigenvalue weighted by atomic mass is 32.2. The minimum atomic E-state index is -3.63. The minimum absolute atomic E-state index is 0.0255. The van der Waals surface area contributed by atoms with Crippen LogP contribution in [-0.2, 0) is 10.0 Å².